The molecule has 3 nitrogen and oxygen atoms in total. The van der Waals surface area contributed by atoms with Crippen LogP contribution >= 0.6 is 12.4 Å². The number of carbonyl (C=O) groups is 1. The van der Waals surface area contributed by atoms with E-state index in [1.807, 2.05) is 0 Å². The van der Waals surface area contributed by atoms with Crippen molar-refractivity contribution in [1.82, 2.24) is 10.2 Å². The Bertz CT molecular complexity index is 293. The molecule has 1 atom stereocenters. The maximum atomic E-state index is 12.7. The van der Waals surface area contributed by atoms with E-state index in [0.717, 1.165) is 44.4 Å². The molecule has 1 aliphatic heterocycles. The lowest BCUT2D eigenvalue weighted by atomic mass is 9.88. The number of rotatable bonds is 5. The third-order valence-corrected chi connectivity index (χ3v) is 4.52. The van der Waals surface area contributed by atoms with Crippen molar-refractivity contribution in [1.29, 1.82) is 0 Å². The van der Waals surface area contributed by atoms with E-state index in [-0.39, 0.29) is 17.8 Å². The van der Waals surface area contributed by atoms with E-state index in [1.54, 1.807) is 0 Å². The number of halogens is 1. The Balaban J connectivity index is 0.00000120. The third-order valence-electron chi connectivity index (χ3n) is 4.52. The second-order valence-corrected chi connectivity index (χ2v) is 6.58. The SMILES string of the molecule is CC1(C(=O)N(CC2CC2)CC2CC2)CCNC1.Cl. The van der Waals surface area contributed by atoms with Crippen molar-refractivity contribution in [2.75, 3.05) is 26.2 Å². The Morgan fingerprint density at radius 3 is 2.17 bits per heavy atom. The van der Waals surface area contributed by atoms with Gasteiger partial charge in [0.1, 0.15) is 0 Å². The van der Waals surface area contributed by atoms with Crippen molar-refractivity contribution in [3.63, 3.8) is 0 Å². The topological polar surface area (TPSA) is 32.3 Å². The Kier molecular flexibility index (Phi) is 4.22. The molecule has 2 saturated carbocycles. The summed E-state index contributed by atoms with van der Waals surface area (Å²) in [5, 5.41) is 3.34. The molecular weight excluding hydrogens is 248 g/mol. The first kappa shape index (κ1) is 14.1. The monoisotopic (exact) mass is 272 g/mol. The molecule has 1 unspecified atom stereocenters. The van der Waals surface area contributed by atoms with Crippen LogP contribution in [-0.2, 0) is 4.79 Å². The lowest BCUT2D eigenvalue weighted by molar-refractivity contribution is -0.140. The van der Waals surface area contributed by atoms with Crippen LogP contribution in [0.1, 0.15) is 39.0 Å². The van der Waals surface area contributed by atoms with Gasteiger partial charge in [-0.15, -0.1) is 12.4 Å². The molecule has 1 N–H and O–H groups in total. The molecule has 1 heterocycles. The fourth-order valence-corrected chi connectivity index (χ4v) is 2.85. The van der Waals surface area contributed by atoms with E-state index in [9.17, 15) is 4.79 Å². The van der Waals surface area contributed by atoms with Crippen molar-refractivity contribution >= 4 is 18.3 Å². The van der Waals surface area contributed by atoms with Crippen LogP contribution in [-0.4, -0.2) is 37.0 Å². The summed E-state index contributed by atoms with van der Waals surface area (Å²) in [6.45, 7) is 6.08. The Morgan fingerprint density at radius 1 is 1.22 bits per heavy atom. The molecule has 0 spiro atoms. The quantitative estimate of drug-likeness (QED) is 0.831. The second kappa shape index (κ2) is 5.38. The highest BCUT2D eigenvalue weighted by atomic mass is 35.5. The molecule has 1 saturated heterocycles. The lowest BCUT2D eigenvalue weighted by Gasteiger charge is -2.31. The average Bonchev–Trinajstić information content (AvgIpc) is 3.22. The maximum absolute atomic E-state index is 12.7. The zero-order valence-corrected chi connectivity index (χ0v) is 12.1. The van der Waals surface area contributed by atoms with Crippen LogP contribution in [0, 0.1) is 17.3 Å². The summed E-state index contributed by atoms with van der Waals surface area (Å²) in [7, 11) is 0. The van der Waals surface area contributed by atoms with E-state index in [0.29, 0.717) is 5.91 Å². The van der Waals surface area contributed by atoms with Crippen molar-refractivity contribution < 1.29 is 4.79 Å². The summed E-state index contributed by atoms with van der Waals surface area (Å²) >= 11 is 0. The van der Waals surface area contributed by atoms with Gasteiger partial charge < -0.3 is 10.2 Å². The molecule has 3 rings (SSSR count). The van der Waals surface area contributed by atoms with Crippen LogP contribution in [0.15, 0.2) is 0 Å². The highest BCUT2D eigenvalue weighted by Gasteiger charge is 2.41. The standard InChI is InChI=1S/C14H24N2O.ClH/c1-14(6-7-15-10-14)13(17)16(8-11-2-3-11)9-12-4-5-12;/h11-12,15H,2-10H2,1H3;1H. The summed E-state index contributed by atoms with van der Waals surface area (Å²) in [6.07, 6.45) is 6.36. The summed E-state index contributed by atoms with van der Waals surface area (Å²) < 4.78 is 0. The van der Waals surface area contributed by atoms with Crippen LogP contribution in [0.2, 0.25) is 0 Å². The predicted molar refractivity (Wildman–Crippen MR) is 74.9 cm³/mol. The molecule has 0 aromatic carbocycles. The summed E-state index contributed by atoms with van der Waals surface area (Å²) in [6, 6.07) is 0. The fourth-order valence-electron chi connectivity index (χ4n) is 2.85. The Labute approximate surface area is 116 Å². The van der Waals surface area contributed by atoms with Crippen LogP contribution in [0.3, 0.4) is 0 Å². The molecule has 0 aromatic heterocycles. The number of carbonyl (C=O) groups excluding carboxylic acids is 1. The average molecular weight is 273 g/mol. The summed E-state index contributed by atoms with van der Waals surface area (Å²) in [4.78, 5) is 14.9. The van der Waals surface area contributed by atoms with Gasteiger partial charge in [0, 0.05) is 19.6 Å². The minimum absolute atomic E-state index is 0. The molecule has 104 valence electrons. The molecular formula is C14H25ClN2O. The highest BCUT2D eigenvalue weighted by molar-refractivity contribution is 5.85. The fraction of sp³-hybridized carbons (Fsp3) is 0.929. The van der Waals surface area contributed by atoms with E-state index in [1.165, 1.54) is 25.7 Å². The molecule has 18 heavy (non-hydrogen) atoms. The first-order valence-electron chi connectivity index (χ1n) is 7.17. The van der Waals surface area contributed by atoms with Gasteiger partial charge in [-0.3, -0.25) is 4.79 Å². The first-order chi connectivity index (χ1) is 8.17. The van der Waals surface area contributed by atoms with Crippen molar-refractivity contribution in [3.8, 4) is 0 Å². The van der Waals surface area contributed by atoms with Crippen molar-refractivity contribution in [2.45, 2.75) is 39.0 Å². The van der Waals surface area contributed by atoms with Crippen molar-refractivity contribution in [2.24, 2.45) is 17.3 Å². The second-order valence-electron chi connectivity index (χ2n) is 6.58. The molecule has 0 radical (unpaired) electrons. The number of hydrogen-bond acceptors (Lipinski definition) is 2. The molecule has 3 aliphatic rings. The Hall–Kier alpha value is -0.280. The molecule has 2 aliphatic carbocycles. The van der Waals surface area contributed by atoms with Gasteiger partial charge in [-0.2, -0.15) is 0 Å². The normalized spacial score (nSPS) is 30.9. The van der Waals surface area contributed by atoms with Crippen molar-refractivity contribution in [3.05, 3.63) is 0 Å². The van der Waals surface area contributed by atoms with E-state index in [4.69, 9.17) is 0 Å². The Morgan fingerprint density at radius 2 is 1.78 bits per heavy atom. The van der Waals surface area contributed by atoms with E-state index >= 15 is 0 Å². The molecule has 0 aromatic rings. The largest absolute Gasteiger partial charge is 0.342 e. The van der Waals surface area contributed by atoms with E-state index < -0.39 is 0 Å². The zero-order valence-electron chi connectivity index (χ0n) is 11.3. The van der Waals surface area contributed by atoms with Crippen LogP contribution < -0.4 is 5.32 Å². The summed E-state index contributed by atoms with van der Waals surface area (Å²) in [5.74, 6) is 2.05. The van der Waals surface area contributed by atoms with E-state index in [2.05, 4.69) is 17.1 Å². The molecule has 1 amide bonds. The summed E-state index contributed by atoms with van der Waals surface area (Å²) in [5.41, 5.74) is -0.121. The van der Waals surface area contributed by atoms with Gasteiger partial charge in [0.2, 0.25) is 5.91 Å². The van der Waals surface area contributed by atoms with Gasteiger partial charge >= 0.3 is 0 Å². The zero-order chi connectivity index (χ0) is 11.9. The number of amides is 1. The van der Waals surface area contributed by atoms with Gasteiger partial charge in [0.25, 0.3) is 0 Å². The third kappa shape index (κ3) is 3.18. The minimum atomic E-state index is -0.121. The van der Waals surface area contributed by atoms with Crippen LogP contribution in [0.5, 0.6) is 0 Å². The van der Waals surface area contributed by atoms with Gasteiger partial charge in [0.15, 0.2) is 0 Å². The highest BCUT2D eigenvalue weighted by Crippen LogP contribution is 2.36. The van der Waals surface area contributed by atoms with Gasteiger partial charge in [-0.05, 0) is 57.4 Å². The maximum Gasteiger partial charge on any atom is 0.229 e. The first-order valence-corrected chi connectivity index (χ1v) is 7.17. The molecule has 0 bridgehead atoms. The molecule has 4 heteroatoms. The number of hydrogen-bond donors (Lipinski definition) is 1. The predicted octanol–water partition coefficient (Wildman–Crippen LogP) is 2.06. The number of nitrogens with one attached hydrogen (secondary N) is 1. The lowest BCUT2D eigenvalue weighted by Crippen LogP contribution is -2.45. The van der Waals surface area contributed by atoms with Gasteiger partial charge in [-0.1, -0.05) is 0 Å². The number of nitrogens with zero attached hydrogens (tertiary/aromatic N) is 1. The molecule has 3 fully saturated rings. The van der Waals surface area contributed by atoms with Gasteiger partial charge in [0.05, 0.1) is 5.41 Å². The van der Waals surface area contributed by atoms with Crippen LogP contribution in [0.4, 0.5) is 0 Å². The van der Waals surface area contributed by atoms with Crippen LogP contribution in [0.25, 0.3) is 0 Å². The minimum Gasteiger partial charge on any atom is -0.342 e. The smallest absolute Gasteiger partial charge is 0.229 e. The van der Waals surface area contributed by atoms with Gasteiger partial charge in [-0.25, -0.2) is 0 Å².